The van der Waals surface area contributed by atoms with Gasteiger partial charge >= 0.3 is 0 Å². The second kappa shape index (κ2) is 6.48. The smallest absolute Gasteiger partial charge is 0.203 e. The Morgan fingerprint density at radius 1 is 1.50 bits per heavy atom. The quantitative estimate of drug-likeness (QED) is 0.398. The van der Waals surface area contributed by atoms with Crippen LogP contribution in [0.25, 0.3) is 0 Å². The third-order valence-corrected chi connectivity index (χ3v) is 2.77. The molecule has 0 aliphatic heterocycles. The summed E-state index contributed by atoms with van der Waals surface area (Å²) in [4.78, 5) is 9.74. The van der Waals surface area contributed by atoms with Gasteiger partial charge in [-0.05, 0) is 24.3 Å². The van der Waals surface area contributed by atoms with Crippen molar-refractivity contribution in [2.75, 3.05) is 12.3 Å². The van der Waals surface area contributed by atoms with Gasteiger partial charge < -0.3 is 4.42 Å². The number of hydrogen-bond acceptors (Lipinski definition) is 4. The fourth-order valence-electron chi connectivity index (χ4n) is 1.01. The van der Waals surface area contributed by atoms with Crippen molar-refractivity contribution in [1.82, 2.24) is 0 Å². The van der Waals surface area contributed by atoms with Crippen LogP contribution in [0.15, 0.2) is 22.8 Å². The Morgan fingerprint density at radius 3 is 3.00 bits per heavy atom. The summed E-state index contributed by atoms with van der Waals surface area (Å²) in [7, 11) is 0. The van der Waals surface area contributed by atoms with Crippen molar-refractivity contribution in [3.8, 4) is 0 Å². The highest BCUT2D eigenvalue weighted by molar-refractivity contribution is 7.98. The molecule has 78 valence electrons. The number of thioether (sulfide) groups is 1. The predicted octanol–water partition coefficient (Wildman–Crippen LogP) is 2.57. The first kappa shape index (κ1) is 11.1. The Balaban J connectivity index is 1.92. The molecule has 1 rings (SSSR count). The number of nitro groups is 1. The molecule has 14 heavy (non-hydrogen) atoms. The third kappa shape index (κ3) is 4.91. The fraction of sp³-hybridized carbons (Fsp3) is 0.556. The van der Waals surface area contributed by atoms with Gasteiger partial charge in [0.05, 0.1) is 12.0 Å². The van der Waals surface area contributed by atoms with Gasteiger partial charge in [-0.25, -0.2) is 0 Å². The summed E-state index contributed by atoms with van der Waals surface area (Å²) in [5, 5.41) is 10.0. The molecule has 1 aromatic rings. The van der Waals surface area contributed by atoms with Gasteiger partial charge in [0.1, 0.15) is 5.76 Å². The third-order valence-electron chi connectivity index (χ3n) is 1.70. The Kier molecular flexibility index (Phi) is 5.14. The minimum absolute atomic E-state index is 0.0846. The fourth-order valence-corrected chi connectivity index (χ4v) is 1.93. The predicted molar refractivity (Wildman–Crippen MR) is 56.0 cm³/mol. The van der Waals surface area contributed by atoms with E-state index < -0.39 is 0 Å². The van der Waals surface area contributed by atoms with E-state index in [1.54, 1.807) is 18.0 Å². The summed E-state index contributed by atoms with van der Waals surface area (Å²) in [5.74, 6) is 2.77. The average Bonchev–Trinajstić information content (AvgIpc) is 2.63. The molecule has 0 bridgehead atoms. The Bertz CT molecular complexity index is 261. The first-order valence-corrected chi connectivity index (χ1v) is 5.66. The average molecular weight is 215 g/mol. The molecule has 0 aliphatic rings. The van der Waals surface area contributed by atoms with Crippen LogP contribution in [0, 0.1) is 10.1 Å². The second-order valence-corrected chi connectivity index (χ2v) is 4.00. The van der Waals surface area contributed by atoms with E-state index in [0.29, 0.717) is 6.42 Å². The molecule has 0 fully saturated rings. The maximum Gasteiger partial charge on any atom is 0.203 e. The highest BCUT2D eigenvalue weighted by atomic mass is 32.2. The van der Waals surface area contributed by atoms with Crippen molar-refractivity contribution in [2.45, 2.75) is 18.6 Å². The van der Waals surface area contributed by atoms with Crippen LogP contribution in [-0.2, 0) is 5.75 Å². The van der Waals surface area contributed by atoms with Gasteiger partial charge in [-0.15, -0.1) is 0 Å². The second-order valence-electron chi connectivity index (χ2n) is 2.90. The topological polar surface area (TPSA) is 56.3 Å². The van der Waals surface area contributed by atoms with Crippen LogP contribution >= 0.6 is 11.8 Å². The summed E-state index contributed by atoms with van der Waals surface area (Å²) >= 11 is 1.75. The molecule has 0 amide bonds. The number of unbranched alkanes of at least 4 members (excludes halogenated alkanes) is 1. The summed E-state index contributed by atoms with van der Waals surface area (Å²) in [5.41, 5.74) is 0. The van der Waals surface area contributed by atoms with E-state index in [1.807, 2.05) is 12.1 Å². The monoisotopic (exact) mass is 215 g/mol. The van der Waals surface area contributed by atoms with Crippen LogP contribution in [0.4, 0.5) is 0 Å². The molecule has 0 N–H and O–H groups in total. The number of hydrogen-bond donors (Lipinski definition) is 0. The molecule has 4 nitrogen and oxygen atoms in total. The van der Waals surface area contributed by atoms with Crippen molar-refractivity contribution in [2.24, 2.45) is 0 Å². The Hall–Kier alpha value is -0.970. The van der Waals surface area contributed by atoms with E-state index in [-0.39, 0.29) is 11.5 Å². The zero-order valence-corrected chi connectivity index (χ0v) is 8.66. The lowest BCUT2D eigenvalue weighted by atomic mass is 10.3. The number of nitrogens with zero attached hydrogens (tertiary/aromatic N) is 1. The normalized spacial score (nSPS) is 10.3. The summed E-state index contributed by atoms with van der Waals surface area (Å²) < 4.78 is 5.15. The van der Waals surface area contributed by atoms with E-state index in [4.69, 9.17) is 4.42 Å². The number of rotatable bonds is 7. The van der Waals surface area contributed by atoms with Crippen molar-refractivity contribution in [3.63, 3.8) is 0 Å². The minimum Gasteiger partial charge on any atom is -0.468 e. The molecule has 1 aromatic heterocycles. The van der Waals surface area contributed by atoms with Crippen LogP contribution in [0.3, 0.4) is 0 Å². The molecule has 0 radical (unpaired) electrons. The van der Waals surface area contributed by atoms with E-state index in [2.05, 4.69) is 0 Å². The van der Waals surface area contributed by atoms with Gasteiger partial charge in [-0.2, -0.15) is 11.8 Å². The zero-order chi connectivity index (χ0) is 10.2. The standard InChI is InChI=1S/C9H13NO3S/c11-10(12)5-1-2-7-14-8-9-4-3-6-13-9/h3-4,6H,1-2,5,7-8H2. The SMILES string of the molecule is O=[N+]([O-])CCCCSCc1ccco1. The highest BCUT2D eigenvalue weighted by Gasteiger charge is 1.98. The molecule has 0 aliphatic carbocycles. The van der Waals surface area contributed by atoms with E-state index >= 15 is 0 Å². The van der Waals surface area contributed by atoms with Crippen LogP contribution in [0.5, 0.6) is 0 Å². The van der Waals surface area contributed by atoms with Crippen molar-refractivity contribution < 1.29 is 9.34 Å². The molecule has 0 spiro atoms. The summed E-state index contributed by atoms with van der Waals surface area (Å²) in [6.45, 7) is 0.0846. The van der Waals surface area contributed by atoms with Crippen molar-refractivity contribution in [3.05, 3.63) is 34.3 Å². The van der Waals surface area contributed by atoms with Crippen molar-refractivity contribution >= 4 is 11.8 Å². The van der Waals surface area contributed by atoms with E-state index in [1.165, 1.54) is 0 Å². The maximum atomic E-state index is 10.0. The van der Waals surface area contributed by atoms with Crippen molar-refractivity contribution in [1.29, 1.82) is 0 Å². The molecular formula is C9H13NO3S. The van der Waals surface area contributed by atoms with Gasteiger partial charge in [-0.1, -0.05) is 0 Å². The summed E-state index contributed by atoms with van der Waals surface area (Å²) in [6.07, 6.45) is 3.22. The molecule has 0 unspecified atom stereocenters. The van der Waals surface area contributed by atoms with E-state index in [0.717, 1.165) is 23.7 Å². The molecule has 0 saturated carbocycles. The molecule has 0 saturated heterocycles. The summed E-state index contributed by atoms with van der Waals surface area (Å²) in [6, 6.07) is 3.80. The Labute approximate surface area is 86.8 Å². The lowest BCUT2D eigenvalue weighted by Crippen LogP contribution is -2.00. The molecule has 5 heteroatoms. The largest absolute Gasteiger partial charge is 0.468 e. The van der Waals surface area contributed by atoms with Gasteiger partial charge in [0.25, 0.3) is 0 Å². The maximum absolute atomic E-state index is 10.0. The minimum atomic E-state index is -0.267. The molecular weight excluding hydrogens is 202 g/mol. The molecule has 0 aromatic carbocycles. The van der Waals surface area contributed by atoms with Gasteiger partial charge in [0, 0.05) is 11.3 Å². The first-order valence-electron chi connectivity index (χ1n) is 4.51. The van der Waals surface area contributed by atoms with Crippen LogP contribution in [0.1, 0.15) is 18.6 Å². The van der Waals surface area contributed by atoms with Crippen LogP contribution < -0.4 is 0 Å². The van der Waals surface area contributed by atoms with Gasteiger partial charge in [0.15, 0.2) is 0 Å². The zero-order valence-electron chi connectivity index (χ0n) is 7.85. The lowest BCUT2D eigenvalue weighted by molar-refractivity contribution is -0.480. The van der Waals surface area contributed by atoms with Crippen LogP contribution in [-0.4, -0.2) is 17.2 Å². The van der Waals surface area contributed by atoms with Crippen LogP contribution in [0.2, 0.25) is 0 Å². The molecule has 0 atom stereocenters. The Morgan fingerprint density at radius 2 is 2.36 bits per heavy atom. The van der Waals surface area contributed by atoms with Gasteiger partial charge in [0.2, 0.25) is 6.54 Å². The highest BCUT2D eigenvalue weighted by Crippen LogP contribution is 2.13. The first-order chi connectivity index (χ1) is 6.79. The number of furan rings is 1. The van der Waals surface area contributed by atoms with E-state index in [9.17, 15) is 10.1 Å². The van der Waals surface area contributed by atoms with Gasteiger partial charge in [-0.3, -0.25) is 10.1 Å². The molecule has 1 heterocycles. The lowest BCUT2D eigenvalue weighted by Gasteiger charge is -1.97.